The van der Waals surface area contributed by atoms with E-state index < -0.39 is 6.29 Å². The first-order chi connectivity index (χ1) is 11.0. The highest BCUT2D eigenvalue weighted by molar-refractivity contribution is 5.18. The Hall–Kier alpha value is -1.52. The summed E-state index contributed by atoms with van der Waals surface area (Å²) in [4.78, 5) is 0. The number of rotatable bonds is 10. The third-order valence-electron chi connectivity index (χ3n) is 4.43. The van der Waals surface area contributed by atoms with Crippen LogP contribution in [0, 0.1) is 17.8 Å². The Morgan fingerprint density at radius 1 is 1.43 bits per heavy atom. The van der Waals surface area contributed by atoms with Gasteiger partial charge in [0.15, 0.2) is 6.29 Å². The van der Waals surface area contributed by atoms with Gasteiger partial charge in [0.1, 0.15) is 11.5 Å². The van der Waals surface area contributed by atoms with E-state index in [9.17, 15) is 5.11 Å². The molecule has 4 nitrogen and oxygen atoms in total. The van der Waals surface area contributed by atoms with Crippen molar-refractivity contribution in [2.75, 3.05) is 21.3 Å². The molecule has 1 rings (SSSR count). The van der Waals surface area contributed by atoms with Crippen LogP contribution in [0.5, 0.6) is 0 Å². The van der Waals surface area contributed by atoms with Gasteiger partial charge < -0.3 is 19.3 Å². The molecule has 4 atom stereocenters. The van der Waals surface area contributed by atoms with E-state index in [-0.39, 0.29) is 11.8 Å². The average Bonchev–Trinajstić information content (AvgIpc) is 2.60. The van der Waals surface area contributed by atoms with Crippen molar-refractivity contribution < 1.29 is 19.3 Å². The van der Waals surface area contributed by atoms with E-state index >= 15 is 0 Å². The van der Waals surface area contributed by atoms with Crippen LogP contribution in [0.4, 0.5) is 0 Å². The third-order valence-corrected chi connectivity index (χ3v) is 4.43. The molecule has 0 amide bonds. The van der Waals surface area contributed by atoms with E-state index in [1.807, 2.05) is 12.2 Å². The lowest BCUT2D eigenvalue weighted by atomic mass is 9.81. The fraction of sp³-hybridized carbons (Fsp3) is 0.579. The highest BCUT2D eigenvalue weighted by Gasteiger charge is 2.27. The van der Waals surface area contributed by atoms with Gasteiger partial charge in [-0.1, -0.05) is 19.6 Å². The summed E-state index contributed by atoms with van der Waals surface area (Å²) in [5.41, 5.74) is 0. The third kappa shape index (κ3) is 6.24. The van der Waals surface area contributed by atoms with E-state index in [4.69, 9.17) is 14.2 Å². The minimum atomic E-state index is -0.769. The molecule has 0 saturated heterocycles. The summed E-state index contributed by atoms with van der Waals surface area (Å²) in [5, 5.41) is 10.2. The molecule has 0 fully saturated rings. The molecule has 0 aliphatic heterocycles. The molecule has 4 heteroatoms. The molecule has 0 heterocycles. The molecule has 0 saturated carbocycles. The zero-order chi connectivity index (χ0) is 17.2. The summed E-state index contributed by atoms with van der Waals surface area (Å²) < 4.78 is 15.6. The minimum Gasteiger partial charge on any atom is -0.497 e. The number of hydrogen-bond donors (Lipinski definition) is 1. The second-order valence-electron chi connectivity index (χ2n) is 5.92. The van der Waals surface area contributed by atoms with Gasteiger partial charge in [-0.2, -0.15) is 0 Å². The SMILES string of the molecule is C=C/C(=C\C[C@H](C)[C@H](C[C@H]1C=CC(OC)=CC1)[C@@H](O)OC)OC. The number of aliphatic hydroxyl groups is 1. The van der Waals surface area contributed by atoms with Gasteiger partial charge in [0.05, 0.1) is 14.2 Å². The maximum absolute atomic E-state index is 10.2. The van der Waals surface area contributed by atoms with E-state index in [1.165, 1.54) is 0 Å². The molecule has 0 aromatic rings. The molecule has 1 aliphatic carbocycles. The van der Waals surface area contributed by atoms with Crippen LogP contribution in [0.1, 0.15) is 26.2 Å². The average molecular weight is 322 g/mol. The molecular formula is C19H30O4. The highest BCUT2D eigenvalue weighted by atomic mass is 16.6. The van der Waals surface area contributed by atoms with E-state index in [0.717, 1.165) is 30.8 Å². The number of methoxy groups -OCH3 is 3. The van der Waals surface area contributed by atoms with Crippen molar-refractivity contribution in [1.82, 2.24) is 0 Å². The molecule has 130 valence electrons. The van der Waals surface area contributed by atoms with Crippen LogP contribution in [0.2, 0.25) is 0 Å². The van der Waals surface area contributed by atoms with Crippen LogP contribution in [-0.2, 0) is 14.2 Å². The van der Waals surface area contributed by atoms with E-state index in [2.05, 4.69) is 25.7 Å². The lowest BCUT2D eigenvalue weighted by Gasteiger charge is -2.30. The van der Waals surface area contributed by atoms with E-state index in [0.29, 0.717) is 5.92 Å². The Morgan fingerprint density at radius 3 is 2.65 bits per heavy atom. The zero-order valence-corrected chi connectivity index (χ0v) is 14.7. The molecule has 0 aromatic heterocycles. The minimum absolute atomic E-state index is 0.0475. The highest BCUT2D eigenvalue weighted by Crippen LogP contribution is 2.31. The number of ether oxygens (including phenoxy) is 3. The number of allylic oxidation sites excluding steroid dienone is 5. The Bertz CT molecular complexity index is 450. The van der Waals surface area contributed by atoms with Crippen LogP contribution < -0.4 is 0 Å². The van der Waals surface area contributed by atoms with Gasteiger partial charge in [-0.3, -0.25) is 0 Å². The number of hydrogen-bond acceptors (Lipinski definition) is 4. The summed E-state index contributed by atoms with van der Waals surface area (Å²) in [5.74, 6) is 2.35. The Morgan fingerprint density at radius 2 is 2.17 bits per heavy atom. The fourth-order valence-corrected chi connectivity index (χ4v) is 2.85. The maximum atomic E-state index is 10.2. The van der Waals surface area contributed by atoms with Crippen LogP contribution in [0.3, 0.4) is 0 Å². The summed E-state index contributed by atoms with van der Waals surface area (Å²) in [7, 11) is 4.85. The van der Waals surface area contributed by atoms with Crippen LogP contribution in [-0.4, -0.2) is 32.7 Å². The lowest BCUT2D eigenvalue weighted by Crippen LogP contribution is -2.30. The second kappa shape index (κ2) is 10.3. The monoisotopic (exact) mass is 322 g/mol. The largest absolute Gasteiger partial charge is 0.497 e. The van der Waals surface area contributed by atoms with Gasteiger partial charge >= 0.3 is 0 Å². The molecule has 0 bridgehead atoms. The normalized spacial score (nSPS) is 22.0. The molecule has 23 heavy (non-hydrogen) atoms. The quantitative estimate of drug-likeness (QED) is 0.377. The molecule has 1 N–H and O–H groups in total. The molecule has 0 spiro atoms. The molecule has 0 radical (unpaired) electrons. The first-order valence-corrected chi connectivity index (χ1v) is 8.05. The van der Waals surface area contributed by atoms with Crippen LogP contribution >= 0.6 is 0 Å². The molecule has 0 aromatic carbocycles. The van der Waals surface area contributed by atoms with Crippen molar-refractivity contribution in [2.45, 2.75) is 32.5 Å². The Labute approximate surface area is 140 Å². The molecule has 1 aliphatic rings. The summed E-state index contributed by atoms with van der Waals surface area (Å²) in [6.45, 7) is 5.85. The standard InChI is InChI=1S/C19H30O4/c1-6-16(21-3)10-7-14(2)18(19(20)23-5)13-15-8-11-17(22-4)12-9-15/h6,8,10-12,14-15,18-20H,1,7,9,13H2,2-5H3/b16-10+/t14-,15-,18-,19-/m0/s1. The second-order valence-corrected chi connectivity index (χ2v) is 5.92. The smallest absolute Gasteiger partial charge is 0.157 e. The predicted molar refractivity (Wildman–Crippen MR) is 92.5 cm³/mol. The van der Waals surface area contributed by atoms with E-state index in [1.54, 1.807) is 27.4 Å². The maximum Gasteiger partial charge on any atom is 0.157 e. The molecule has 0 unspecified atom stereocenters. The van der Waals surface area contributed by atoms with Crippen molar-refractivity contribution >= 4 is 0 Å². The fourth-order valence-electron chi connectivity index (χ4n) is 2.85. The van der Waals surface area contributed by atoms with Gasteiger partial charge in [-0.15, -0.1) is 0 Å². The van der Waals surface area contributed by atoms with Gasteiger partial charge in [0.2, 0.25) is 0 Å². The van der Waals surface area contributed by atoms with Gasteiger partial charge in [-0.05, 0) is 55.4 Å². The first-order valence-electron chi connectivity index (χ1n) is 8.05. The summed E-state index contributed by atoms with van der Waals surface area (Å²) in [6, 6.07) is 0. The topological polar surface area (TPSA) is 47.9 Å². The van der Waals surface area contributed by atoms with Crippen molar-refractivity contribution in [3.63, 3.8) is 0 Å². The van der Waals surface area contributed by atoms with Gasteiger partial charge in [0, 0.05) is 13.0 Å². The first kappa shape index (κ1) is 19.5. The predicted octanol–water partition coefficient (Wildman–Crippen LogP) is 3.81. The summed E-state index contributed by atoms with van der Waals surface area (Å²) in [6.07, 6.45) is 11.8. The van der Waals surface area contributed by atoms with Crippen molar-refractivity contribution in [1.29, 1.82) is 0 Å². The Kier molecular flexibility index (Phi) is 8.74. The number of aliphatic hydroxyl groups excluding tert-OH is 1. The van der Waals surface area contributed by atoms with Crippen molar-refractivity contribution in [3.05, 3.63) is 48.5 Å². The van der Waals surface area contributed by atoms with Gasteiger partial charge in [0.25, 0.3) is 0 Å². The zero-order valence-electron chi connectivity index (χ0n) is 14.7. The van der Waals surface area contributed by atoms with Crippen molar-refractivity contribution in [2.24, 2.45) is 17.8 Å². The lowest BCUT2D eigenvalue weighted by molar-refractivity contribution is -0.129. The van der Waals surface area contributed by atoms with Gasteiger partial charge in [-0.25, -0.2) is 0 Å². The van der Waals surface area contributed by atoms with Crippen molar-refractivity contribution in [3.8, 4) is 0 Å². The molecular weight excluding hydrogens is 292 g/mol. The summed E-state index contributed by atoms with van der Waals surface area (Å²) >= 11 is 0. The van der Waals surface area contributed by atoms with Crippen LogP contribution in [0.15, 0.2) is 48.5 Å². The Balaban J connectivity index is 2.69. The van der Waals surface area contributed by atoms with Crippen LogP contribution in [0.25, 0.3) is 0 Å².